The predicted octanol–water partition coefficient (Wildman–Crippen LogP) is 3.76. The zero-order chi connectivity index (χ0) is 21.9. The van der Waals surface area contributed by atoms with Crippen molar-refractivity contribution in [2.24, 2.45) is 0 Å². The van der Waals surface area contributed by atoms with Crippen LogP contribution in [0.4, 0.5) is 4.79 Å². The van der Waals surface area contributed by atoms with Gasteiger partial charge in [0.15, 0.2) is 5.16 Å². The fourth-order valence-corrected chi connectivity index (χ4v) is 3.75. The van der Waals surface area contributed by atoms with Crippen LogP contribution in [0.15, 0.2) is 58.5 Å². The minimum atomic E-state index is -0.580. The summed E-state index contributed by atoms with van der Waals surface area (Å²) in [4.78, 5) is 41.9. The zero-order valence-electron chi connectivity index (χ0n) is 16.7. The highest BCUT2D eigenvalue weighted by molar-refractivity contribution is 7.99. The van der Waals surface area contributed by atoms with Gasteiger partial charge in [-0.05, 0) is 45.0 Å². The van der Waals surface area contributed by atoms with Crippen LogP contribution in [0.2, 0.25) is 5.02 Å². The molecule has 1 aromatic heterocycles. The average molecular weight is 445 g/mol. The number of fused-ring (bicyclic) bond motifs is 1. The Balaban J connectivity index is 1.92. The lowest BCUT2D eigenvalue weighted by Crippen LogP contribution is -2.48. The number of nitrogens with zero attached hydrogens (tertiary/aromatic N) is 2. The van der Waals surface area contributed by atoms with Crippen LogP contribution < -0.4 is 16.2 Å². The van der Waals surface area contributed by atoms with Gasteiger partial charge in [0.1, 0.15) is 0 Å². The van der Waals surface area contributed by atoms with Gasteiger partial charge in [0.05, 0.1) is 27.4 Å². The molecule has 0 aliphatic rings. The van der Waals surface area contributed by atoms with Crippen molar-refractivity contribution in [2.75, 3.05) is 5.75 Å². The summed E-state index contributed by atoms with van der Waals surface area (Å²) < 4.78 is 1.39. The van der Waals surface area contributed by atoms with Crippen molar-refractivity contribution in [3.63, 3.8) is 0 Å². The largest absolute Gasteiger partial charge is 0.333 e. The second-order valence-electron chi connectivity index (χ2n) is 7.54. The van der Waals surface area contributed by atoms with Crippen LogP contribution in [0, 0.1) is 0 Å². The molecule has 0 aliphatic carbocycles. The highest BCUT2D eigenvalue weighted by atomic mass is 35.5. The maximum absolute atomic E-state index is 13.2. The van der Waals surface area contributed by atoms with Gasteiger partial charge in [-0.25, -0.2) is 9.78 Å². The standard InChI is InChI=1S/C21H21ClN4O3S/c1-21(2,3)25-19(29)24-17(27)12-30-20-23-15-10-6-4-8-13(15)18(28)26(20)16-11-7-5-9-14(16)22/h4-11H,12H2,1-3H3,(H2,24,25,27,29). The van der Waals surface area contributed by atoms with Crippen molar-refractivity contribution >= 4 is 46.2 Å². The van der Waals surface area contributed by atoms with Crippen molar-refractivity contribution in [3.8, 4) is 5.69 Å². The number of imide groups is 1. The molecule has 1 heterocycles. The zero-order valence-corrected chi connectivity index (χ0v) is 18.3. The first-order chi connectivity index (χ1) is 14.2. The smallest absolute Gasteiger partial charge is 0.321 e. The highest BCUT2D eigenvalue weighted by Gasteiger charge is 2.18. The molecule has 9 heteroatoms. The summed E-state index contributed by atoms with van der Waals surface area (Å²) >= 11 is 7.37. The van der Waals surface area contributed by atoms with Gasteiger partial charge in [0, 0.05) is 5.54 Å². The molecule has 0 bridgehead atoms. The van der Waals surface area contributed by atoms with E-state index in [1.54, 1.807) is 48.5 Å². The second-order valence-corrected chi connectivity index (χ2v) is 8.89. The summed E-state index contributed by atoms with van der Waals surface area (Å²) in [5.74, 6) is -0.609. The Labute approximate surface area is 182 Å². The first-order valence-electron chi connectivity index (χ1n) is 9.17. The summed E-state index contributed by atoms with van der Waals surface area (Å²) in [6, 6.07) is 13.3. The van der Waals surface area contributed by atoms with Gasteiger partial charge in [-0.2, -0.15) is 0 Å². The van der Waals surface area contributed by atoms with Crippen LogP contribution >= 0.6 is 23.4 Å². The van der Waals surface area contributed by atoms with Crippen LogP contribution in [0.5, 0.6) is 0 Å². The van der Waals surface area contributed by atoms with Crippen LogP contribution in [-0.2, 0) is 4.79 Å². The van der Waals surface area contributed by atoms with Crippen LogP contribution in [-0.4, -0.2) is 32.8 Å². The highest BCUT2D eigenvalue weighted by Crippen LogP contribution is 2.25. The van der Waals surface area contributed by atoms with Gasteiger partial charge in [0.2, 0.25) is 5.91 Å². The Morgan fingerprint density at radius 3 is 2.47 bits per heavy atom. The van der Waals surface area contributed by atoms with Crippen LogP contribution in [0.3, 0.4) is 0 Å². The number of benzene rings is 2. The molecule has 0 fully saturated rings. The normalized spacial score (nSPS) is 11.3. The maximum atomic E-state index is 13.2. The lowest BCUT2D eigenvalue weighted by Gasteiger charge is -2.20. The Morgan fingerprint density at radius 1 is 1.10 bits per heavy atom. The van der Waals surface area contributed by atoms with E-state index in [0.717, 1.165) is 11.8 Å². The fraction of sp³-hybridized carbons (Fsp3) is 0.238. The van der Waals surface area contributed by atoms with E-state index in [9.17, 15) is 14.4 Å². The number of halogens is 1. The lowest BCUT2D eigenvalue weighted by atomic mass is 10.1. The van der Waals surface area contributed by atoms with Crippen molar-refractivity contribution in [1.82, 2.24) is 20.2 Å². The molecule has 156 valence electrons. The molecule has 0 atom stereocenters. The minimum absolute atomic E-state index is 0.104. The van der Waals surface area contributed by atoms with Crippen molar-refractivity contribution < 1.29 is 9.59 Å². The van der Waals surface area contributed by atoms with E-state index in [-0.39, 0.29) is 11.3 Å². The first kappa shape index (κ1) is 21.9. The number of carbonyl (C=O) groups is 2. The summed E-state index contributed by atoms with van der Waals surface area (Å²) in [5, 5.41) is 6.06. The number of urea groups is 1. The second kappa shape index (κ2) is 8.89. The molecule has 0 saturated heterocycles. The number of carbonyl (C=O) groups excluding carboxylic acids is 2. The van der Waals surface area contributed by atoms with E-state index >= 15 is 0 Å². The monoisotopic (exact) mass is 444 g/mol. The molecular formula is C21H21ClN4O3S. The molecule has 0 spiro atoms. The van der Waals surface area contributed by atoms with E-state index in [1.807, 2.05) is 20.8 Å². The Bertz CT molecular complexity index is 1170. The Kier molecular flexibility index (Phi) is 6.48. The van der Waals surface area contributed by atoms with Gasteiger partial charge >= 0.3 is 6.03 Å². The summed E-state index contributed by atoms with van der Waals surface area (Å²) in [7, 11) is 0. The molecule has 0 saturated carbocycles. The van der Waals surface area contributed by atoms with Gasteiger partial charge < -0.3 is 5.32 Å². The molecule has 0 radical (unpaired) electrons. The Morgan fingerprint density at radius 2 is 1.77 bits per heavy atom. The first-order valence-corrected chi connectivity index (χ1v) is 10.5. The molecule has 2 aromatic carbocycles. The van der Waals surface area contributed by atoms with E-state index in [1.165, 1.54) is 4.57 Å². The van der Waals surface area contributed by atoms with Crippen molar-refractivity contribution in [3.05, 3.63) is 63.9 Å². The molecule has 2 N–H and O–H groups in total. The third kappa shape index (κ3) is 5.20. The predicted molar refractivity (Wildman–Crippen MR) is 120 cm³/mol. The maximum Gasteiger partial charge on any atom is 0.321 e. The van der Waals surface area contributed by atoms with E-state index < -0.39 is 17.5 Å². The van der Waals surface area contributed by atoms with Gasteiger partial charge in [-0.3, -0.25) is 19.5 Å². The molecule has 0 aliphatic heterocycles. The van der Waals surface area contributed by atoms with E-state index in [0.29, 0.717) is 26.8 Å². The summed E-state index contributed by atoms with van der Waals surface area (Å²) in [6.45, 7) is 5.44. The SMILES string of the molecule is CC(C)(C)NC(=O)NC(=O)CSc1nc2ccccc2c(=O)n1-c1ccccc1Cl. The summed E-state index contributed by atoms with van der Waals surface area (Å²) in [6.07, 6.45) is 0. The number of thioether (sulfide) groups is 1. The van der Waals surface area contributed by atoms with Crippen molar-refractivity contribution in [2.45, 2.75) is 31.5 Å². The molecule has 3 aromatic rings. The van der Waals surface area contributed by atoms with E-state index in [2.05, 4.69) is 15.6 Å². The third-order valence-corrected chi connectivity index (χ3v) is 5.17. The van der Waals surface area contributed by atoms with E-state index in [4.69, 9.17) is 11.6 Å². The quantitative estimate of drug-likeness (QED) is 0.472. The number of para-hydroxylation sites is 2. The van der Waals surface area contributed by atoms with Crippen LogP contribution in [0.1, 0.15) is 20.8 Å². The molecular weight excluding hydrogens is 424 g/mol. The Hall–Kier alpha value is -2.84. The number of hydrogen-bond acceptors (Lipinski definition) is 5. The topological polar surface area (TPSA) is 93.1 Å². The van der Waals surface area contributed by atoms with Crippen LogP contribution in [0.25, 0.3) is 16.6 Å². The average Bonchev–Trinajstić information content (AvgIpc) is 2.66. The molecule has 0 unspecified atom stereocenters. The van der Waals surface area contributed by atoms with Gasteiger partial charge in [-0.15, -0.1) is 0 Å². The molecule has 3 rings (SSSR count). The van der Waals surface area contributed by atoms with Gasteiger partial charge in [-0.1, -0.05) is 47.6 Å². The molecule has 3 amide bonds. The number of nitrogens with one attached hydrogen (secondary N) is 2. The third-order valence-electron chi connectivity index (χ3n) is 3.91. The number of hydrogen-bond donors (Lipinski definition) is 2. The number of rotatable bonds is 4. The van der Waals surface area contributed by atoms with Gasteiger partial charge in [0.25, 0.3) is 5.56 Å². The lowest BCUT2D eigenvalue weighted by molar-refractivity contribution is -0.117. The number of amides is 3. The minimum Gasteiger partial charge on any atom is -0.333 e. The fourth-order valence-electron chi connectivity index (χ4n) is 2.72. The number of aromatic nitrogens is 2. The van der Waals surface area contributed by atoms with Crippen molar-refractivity contribution in [1.29, 1.82) is 0 Å². The summed E-state index contributed by atoms with van der Waals surface area (Å²) in [5.41, 5.74) is 0.221. The molecule has 7 nitrogen and oxygen atoms in total. The molecule has 30 heavy (non-hydrogen) atoms.